The quantitative estimate of drug-likeness (QED) is 0.646. The van der Waals surface area contributed by atoms with E-state index in [9.17, 15) is 4.79 Å². The summed E-state index contributed by atoms with van der Waals surface area (Å²) in [6, 6.07) is 12.7. The molecule has 0 bridgehead atoms. The molecular formula is C22H24N6O2. The Labute approximate surface area is 175 Å². The van der Waals surface area contributed by atoms with E-state index >= 15 is 0 Å². The Kier molecular flexibility index (Phi) is 6.03. The largest absolute Gasteiger partial charge is 0.457 e. The third-order valence-electron chi connectivity index (χ3n) is 4.86. The maximum atomic E-state index is 11.7. The zero-order valence-corrected chi connectivity index (χ0v) is 16.8. The normalized spacial score (nSPS) is 13.6. The third-order valence-corrected chi connectivity index (χ3v) is 4.86. The van der Waals surface area contributed by atoms with Gasteiger partial charge in [0.05, 0.1) is 0 Å². The number of amides is 1. The van der Waals surface area contributed by atoms with Gasteiger partial charge in [0.15, 0.2) is 0 Å². The number of pyridine rings is 1. The lowest BCUT2D eigenvalue weighted by Crippen LogP contribution is -2.30. The minimum atomic E-state index is -0.258. The first-order valence-corrected chi connectivity index (χ1v) is 10.0. The van der Waals surface area contributed by atoms with Gasteiger partial charge in [0.25, 0.3) is 5.91 Å². The molecule has 1 fully saturated rings. The van der Waals surface area contributed by atoms with Crippen molar-refractivity contribution in [3.05, 3.63) is 60.6 Å². The molecular weight excluding hydrogens is 380 g/mol. The van der Waals surface area contributed by atoms with Gasteiger partial charge in [0.2, 0.25) is 5.95 Å². The van der Waals surface area contributed by atoms with Gasteiger partial charge in [-0.1, -0.05) is 0 Å². The number of nitrogens with one attached hydrogen (secondary N) is 2. The van der Waals surface area contributed by atoms with Gasteiger partial charge in [0, 0.05) is 44.3 Å². The number of carbonyl (C=O) groups excluding carboxylic acids is 1. The van der Waals surface area contributed by atoms with Crippen LogP contribution in [0.4, 0.5) is 17.5 Å². The van der Waals surface area contributed by atoms with Crippen molar-refractivity contribution in [2.45, 2.75) is 19.3 Å². The molecule has 0 aliphatic carbocycles. The number of carbonyl (C=O) groups is 1. The maximum absolute atomic E-state index is 11.7. The summed E-state index contributed by atoms with van der Waals surface area (Å²) in [4.78, 5) is 27.0. The molecule has 3 aromatic rings. The zero-order valence-electron chi connectivity index (χ0n) is 16.8. The number of piperidine rings is 1. The molecule has 0 spiro atoms. The lowest BCUT2D eigenvalue weighted by Gasteiger charge is -2.27. The number of hydrogen-bond acceptors (Lipinski definition) is 7. The van der Waals surface area contributed by atoms with Crippen molar-refractivity contribution in [2.75, 3.05) is 30.4 Å². The average Bonchev–Trinajstić information content (AvgIpc) is 2.81. The SMILES string of the molecule is CNC(=O)c1cc(Oc2ccc(Nc3nccc(N4CCCCC4)n3)cc2)ccn1. The molecule has 8 nitrogen and oxygen atoms in total. The van der Waals surface area contributed by atoms with Crippen LogP contribution in [0, 0.1) is 0 Å². The summed E-state index contributed by atoms with van der Waals surface area (Å²) in [6.07, 6.45) is 7.02. The minimum absolute atomic E-state index is 0.258. The Morgan fingerprint density at radius 1 is 0.967 bits per heavy atom. The molecule has 154 valence electrons. The van der Waals surface area contributed by atoms with Crippen molar-refractivity contribution < 1.29 is 9.53 Å². The van der Waals surface area contributed by atoms with E-state index in [1.807, 2.05) is 30.3 Å². The Balaban J connectivity index is 1.41. The van der Waals surface area contributed by atoms with Gasteiger partial charge in [-0.2, -0.15) is 4.98 Å². The maximum Gasteiger partial charge on any atom is 0.269 e. The molecule has 1 saturated heterocycles. The van der Waals surface area contributed by atoms with Crippen LogP contribution >= 0.6 is 0 Å². The Bertz CT molecular complexity index is 1000. The minimum Gasteiger partial charge on any atom is -0.457 e. The second-order valence-corrected chi connectivity index (χ2v) is 6.99. The van der Waals surface area contributed by atoms with Crippen LogP contribution in [0.25, 0.3) is 0 Å². The van der Waals surface area contributed by atoms with E-state index in [1.54, 1.807) is 31.6 Å². The van der Waals surface area contributed by atoms with Crippen LogP contribution in [0.3, 0.4) is 0 Å². The number of anilines is 3. The predicted octanol–water partition coefficient (Wildman–Crippen LogP) is 3.76. The van der Waals surface area contributed by atoms with Crippen LogP contribution < -0.4 is 20.3 Å². The monoisotopic (exact) mass is 404 g/mol. The van der Waals surface area contributed by atoms with E-state index in [0.717, 1.165) is 24.6 Å². The highest BCUT2D eigenvalue weighted by atomic mass is 16.5. The fourth-order valence-electron chi connectivity index (χ4n) is 3.31. The molecule has 1 aromatic carbocycles. The van der Waals surface area contributed by atoms with Crippen LogP contribution in [0.2, 0.25) is 0 Å². The number of ether oxygens (including phenoxy) is 1. The summed E-state index contributed by atoms with van der Waals surface area (Å²) >= 11 is 0. The Hall–Kier alpha value is -3.68. The number of rotatable bonds is 6. The van der Waals surface area contributed by atoms with Gasteiger partial charge in [-0.15, -0.1) is 0 Å². The molecule has 1 aliphatic heterocycles. The molecule has 2 N–H and O–H groups in total. The first-order valence-electron chi connectivity index (χ1n) is 10.0. The lowest BCUT2D eigenvalue weighted by atomic mass is 10.1. The van der Waals surface area contributed by atoms with Gasteiger partial charge in [-0.05, 0) is 55.7 Å². The fourth-order valence-corrected chi connectivity index (χ4v) is 3.31. The standard InChI is InChI=1S/C22H24N6O2/c1-23-21(29)19-15-18(9-11-24-19)30-17-7-5-16(6-8-17)26-22-25-12-10-20(27-22)28-13-3-2-4-14-28/h5-12,15H,2-4,13-14H2,1H3,(H,23,29)(H,25,26,27). The topological polar surface area (TPSA) is 92.3 Å². The van der Waals surface area contributed by atoms with E-state index in [4.69, 9.17) is 4.74 Å². The molecule has 1 aliphatic rings. The first kappa shape index (κ1) is 19.6. The summed E-state index contributed by atoms with van der Waals surface area (Å²) in [7, 11) is 1.56. The predicted molar refractivity (Wildman–Crippen MR) is 116 cm³/mol. The molecule has 0 atom stereocenters. The highest BCUT2D eigenvalue weighted by molar-refractivity contribution is 5.92. The Morgan fingerprint density at radius 2 is 1.73 bits per heavy atom. The van der Waals surface area contributed by atoms with Crippen LogP contribution in [0.15, 0.2) is 54.9 Å². The van der Waals surface area contributed by atoms with E-state index in [0.29, 0.717) is 23.1 Å². The van der Waals surface area contributed by atoms with Crippen LogP contribution in [-0.2, 0) is 0 Å². The molecule has 1 amide bonds. The van der Waals surface area contributed by atoms with Gasteiger partial charge in [-0.25, -0.2) is 4.98 Å². The van der Waals surface area contributed by atoms with Crippen molar-refractivity contribution >= 4 is 23.4 Å². The van der Waals surface area contributed by atoms with Crippen molar-refractivity contribution in [2.24, 2.45) is 0 Å². The smallest absolute Gasteiger partial charge is 0.269 e. The molecule has 4 rings (SSSR count). The summed E-state index contributed by atoms with van der Waals surface area (Å²) in [5.41, 5.74) is 1.16. The summed E-state index contributed by atoms with van der Waals surface area (Å²) < 4.78 is 5.83. The van der Waals surface area contributed by atoms with Crippen molar-refractivity contribution in [1.82, 2.24) is 20.3 Å². The lowest BCUT2D eigenvalue weighted by molar-refractivity contribution is 0.0958. The number of aromatic nitrogens is 3. The molecule has 0 unspecified atom stereocenters. The van der Waals surface area contributed by atoms with Crippen molar-refractivity contribution in [3.63, 3.8) is 0 Å². The number of hydrogen-bond donors (Lipinski definition) is 2. The molecule has 0 radical (unpaired) electrons. The van der Waals surface area contributed by atoms with Gasteiger partial charge in [0.1, 0.15) is 23.0 Å². The van der Waals surface area contributed by atoms with E-state index in [-0.39, 0.29) is 5.91 Å². The third kappa shape index (κ3) is 4.83. The zero-order chi connectivity index (χ0) is 20.8. The average molecular weight is 404 g/mol. The second kappa shape index (κ2) is 9.21. The second-order valence-electron chi connectivity index (χ2n) is 6.99. The van der Waals surface area contributed by atoms with Crippen molar-refractivity contribution in [3.8, 4) is 11.5 Å². The highest BCUT2D eigenvalue weighted by Gasteiger charge is 2.13. The van der Waals surface area contributed by atoms with Gasteiger partial charge in [-0.3, -0.25) is 9.78 Å². The molecule has 3 heterocycles. The van der Waals surface area contributed by atoms with Crippen LogP contribution in [0.1, 0.15) is 29.8 Å². The highest BCUT2D eigenvalue weighted by Crippen LogP contribution is 2.25. The summed E-state index contributed by atoms with van der Waals surface area (Å²) in [6.45, 7) is 2.08. The van der Waals surface area contributed by atoms with E-state index in [2.05, 4.69) is 30.5 Å². The molecule has 30 heavy (non-hydrogen) atoms. The van der Waals surface area contributed by atoms with E-state index in [1.165, 1.54) is 19.3 Å². The molecule has 0 saturated carbocycles. The van der Waals surface area contributed by atoms with E-state index < -0.39 is 0 Å². The van der Waals surface area contributed by atoms with Crippen LogP contribution in [-0.4, -0.2) is 41.0 Å². The molecule has 2 aromatic heterocycles. The van der Waals surface area contributed by atoms with Gasteiger partial charge >= 0.3 is 0 Å². The van der Waals surface area contributed by atoms with Crippen molar-refractivity contribution in [1.29, 1.82) is 0 Å². The Morgan fingerprint density at radius 3 is 2.50 bits per heavy atom. The first-order chi connectivity index (χ1) is 14.7. The van der Waals surface area contributed by atoms with Gasteiger partial charge < -0.3 is 20.3 Å². The number of nitrogens with zero attached hydrogens (tertiary/aromatic N) is 4. The summed E-state index contributed by atoms with van der Waals surface area (Å²) in [5, 5.41) is 5.79. The fraction of sp³-hybridized carbons (Fsp3) is 0.273. The summed E-state index contributed by atoms with van der Waals surface area (Å²) in [5.74, 6) is 2.46. The number of benzene rings is 1. The van der Waals surface area contributed by atoms with Crippen LogP contribution in [0.5, 0.6) is 11.5 Å². The molecule has 8 heteroatoms.